The zero-order chi connectivity index (χ0) is 18.8. The standard InChI is InChI=1S/C23H22N2O2/c1-3-25-21-7-5-4-6-19(21)20-15-17(10-13-22(20)25)24-23(26)14-16-8-11-18(27-2)12-9-16/h4-13,15H,3,14H2,1-2H3,(H,24,26). The number of anilines is 1. The van der Waals surface area contributed by atoms with E-state index in [1.54, 1.807) is 7.11 Å². The minimum atomic E-state index is -0.0289. The molecule has 1 amide bonds. The van der Waals surface area contributed by atoms with Crippen LogP contribution in [0.1, 0.15) is 12.5 Å². The summed E-state index contributed by atoms with van der Waals surface area (Å²) in [7, 11) is 1.63. The molecule has 0 saturated carbocycles. The number of nitrogens with one attached hydrogen (secondary N) is 1. The third kappa shape index (κ3) is 3.26. The number of hydrogen-bond donors (Lipinski definition) is 1. The molecule has 1 heterocycles. The molecular weight excluding hydrogens is 336 g/mol. The number of aromatic nitrogens is 1. The number of carbonyl (C=O) groups is 1. The van der Waals surface area contributed by atoms with Crippen LogP contribution in [0.2, 0.25) is 0 Å². The van der Waals surface area contributed by atoms with Crippen molar-refractivity contribution < 1.29 is 9.53 Å². The number of amides is 1. The van der Waals surface area contributed by atoms with Crippen molar-refractivity contribution in [3.05, 3.63) is 72.3 Å². The number of aryl methyl sites for hydroxylation is 1. The molecule has 27 heavy (non-hydrogen) atoms. The molecule has 3 aromatic carbocycles. The van der Waals surface area contributed by atoms with Gasteiger partial charge in [0.1, 0.15) is 5.75 Å². The Bertz CT molecular complexity index is 1110. The van der Waals surface area contributed by atoms with Crippen LogP contribution in [0.5, 0.6) is 5.75 Å². The van der Waals surface area contributed by atoms with Gasteiger partial charge in [-0.15, -0.1) is 0 Å². The van der Waals surface area contributed by atoms with Gasteiger partial charge in [-0.05, 0) is 48.9 Å². The van der Waals surface area contributed by atoms with Gasteiger partial charge >= 0.3 is 0 Å². The Labute approximate surface area is 158 Å². The molecule has 0 aliphatic rings. The Morgan fingerprint density at radius 1 is 0.963 bits per heavy atom. The van der Waals surface area contributed by atoms with Crippen LogP contribution in [0.3, 0.4) is 0 Å². The van der Waals surface area contributed by atoms with E-state index in [4.69, 9.17) is 4.74 Å². The summed E-state index contributed by atoms with van der Waals surface area (Å²) in [5, 5.41) is 5.39. The molecular formula is C23H22N2O2. The van der Waals surface area contributed by atoms with Crippen LogP contribution in [0, 0.1) is 0 Å². The van der Waals surface area contributed by atoms with Crippen LogP contribution < -0.4 is 10.1 Å². The molecule has 0 spiro atoms. The maximum atomic E-state index is 12.4. The van der Waals surface area contributed by atoms with E-state index >= 15 is 0 Å². The van der Waals surface area contributed by atoms with Crippen LogP contribution in [0.25, 0.3) is 21.8 Å². The van der Waals surface area contributed by atoms with Crippen molar-refractivity contribution in [2.24, 2.45) is 0 Å². The molecule has 4 rings (SSSR count). The summed E-state index contributed by atoms with van der Waals surface area (Å²) in [6, 6.07) is 22.1. The molecule has 1 aromatic heterocycles. The van der Waals surface area contributed by atoms with E-state index in [9.17, 15) is 4.79 Å². The van der Waals surface area contributed by atoms with Gasteiger partial charge in [-0.2, -0.15) is 0 Å². The van der Waals surface area contributed by atoms with E-state index in [1.807, 2.05) is 30.3 Å². The Balaban J connectivity index is 1.60. The predicted octanol–water partition coefficient (Wildman–Crippen LogP) is 5.00. The minimum Gasteiger partial charge on any atom is -0.497 e. The van der Waals surface area contributed by atoms with Crippen LogP contribution >= 0.6 is 0 Å². The number of hydrogen-bond acceptors (Lipinski definition) is 2. The fraction of sp³-hybridized carbons (Fsp3) is 0.174. The van der Waals surface area contributed by atoms with E-state index in [-0.39, 0.29) is 5.91 Å². The summed E-state index contributed by atoms with van der Waals surface area (Å²) in [6.45, 7) is 3.06. The zero-order valence-electron chi connectivity index (χ0n) is 15.5. The van der Waals surface area contributed by atoms with E-state index in [1.165, 1.54) is 16.4 Å². The fourth-order valence-electron chi connectivity index (χ4n) is 3.61. The third-order valence-electron chi connectivity index (χ3n) is 4.90. The molecule has 136 valence electrons. The third-order valence-corrected chi connectivity index (χ3v) is 4.90. The first kappa shape index (κ1) is 17.2. The van der Waals surface area contributed by atoms with Gasteiger partial charge in [-0.3, -0.25) is 4.79 Å². The van der Waals surface area contributed by atoms with Gasteiger partial charge in [0, 0.05) is 34.0 Å². The SMILES string of the molecule is CCn1c2ccccc2c2cc(NC(=O)Cc3ccc(OC)cc3)ccc21. The Hall–Kier alpha value is -3.27. The summed E-state index contributed by atoms with van der Waals surface area (Å²) >= 11 is 0. The smallest absolute Gasteiger partial charge is 0.228 e. The number of para-hydroxylation sites is 1. The highest BCUT2D eigenvalue weighted by Crippen LogP contribution is 2.31. The van der Waals surface area contributed by atoms with Crippen molar-refractivity contribution in [3.8, 4) is 5.75 Å². The zero-order valence-corrected chi connectivity index (χ0v) is 15.5. The van der Waals surface area contributed by atoms with Gasteiger partial charge in [0.05, 0.1) is 13.5 Å². The predicted molar refractivity (Wildman–Crippen MR) is 110 cm³/mol. The van der Waals surface area contributed by atoms with Crippen molar-refractivity contribution in [2.45, 2.75) is 19.9 Å². The minimum absolute atomic E-state index is 0.0289. The number of carbonyl (C=O) groups excluding carboxylic acids is 1. The molecule has 0 aliphatic heterocycles. The number of benzene rings is 3. The average Bonchev–Trinajstić information content (AvgIpc) is 3.01. The fourth-order valence-corrected chi connectivity index (χ4v) is 3.61. The molecule has 0 saturated heterocycles. The van der Waals surface area contributed by atoms with Crippen molar-refractivity contribution in [2.75, 3.05) is 12.4 Å². The lowest BCUT2D eigenvalue weighted by molar-refractivity contribution is -0.115. The highest BCUT2D eigenvalue weighted by Gasteiger charge is 2.11. The molecule has 4 nitrogen and oxygen atoms in total. The van der Waals surface area contributed by atoms with E-state index < -0.39 is 0 Å². The van der Waals surface area contributed by atoms with Crippen LogP contribution in [0.15, 0.2) is 66.7 Å². The first-order valence-corrected chi connectivity index (χ1v) is 9.13. The summed E-state index contributed by atoms with van der Waals surface area (Å²) in [6.07, 6.45) is 0.332. The number of fused-ring (bicyclic) bond motifs is 3. The lowest BCUT2D eigenvalue weighted by Crippen LogP contribution is -2.14. The molecule has 0 fully saturated rings. The van der Waals surface area contributed by atoms with Gasteiger partial charge in [0.25, 0.3) is 0 Å². The highest BCUT2D eigenvalue weighted by atomic mass is 16.5. The molecule has 0 bridgehead atoms. The summed E-state index contributed by atoms with van der Waals surface area (Å²) in [4.78, 5) is 12.4. The molecule has 0 aliphatic carbocycles. The second-order valence-electron chi connectivity index (χ2n) is 6.57. The van der Waals surface area contributed by atoms with Crippen molar-refractivity contribution in [1.82, 2.24) is 4.57 Å². The van der Waals surface area contributed by atoms with Gasteiger partial charge in [-0.1, -0.05) is 30.3 Å². The maximum absolute atomic E-state index is 12.4. The second-order valence-corrected chi connectivity index (χ2v) is 6.57. The van der Waals surface area contributed by atoms with Crippen LogP contribution in [0.4, 0.5) is 5.69 Å². The van der Waals surface area contributed by atoms with Gasteiger partial charge in [-0.25, -0.2) is 0 Å². The summed E-state index contributed by atoms with van der Waals surface area (Å²) < 4.78 is 7.45. The summed E-state index contributed by atoms with van der Waals surface area (Å²) in [5.41, 5.74) is 4.18. The van der Waals surface area contributed by atoms with Gasteiger partial charge in [0.15, 0.2) is 0 Å². The molecule has 4 heteroatoms. The Kier molecular flexibility index (Phi) is 4.55. The van der Waals surface area contributed by atoms with Gasteiger partial charge < -0.3 is 14.6 Å². The molecule has 1 N–H and O–H groups in total. The maximum Gasteiger partial charge on any atom is 0.228 e. The molecule has 0 radical (unpaired) electrons. The quantitative estimate of drug-likeness (QED) is 0.545. The largest absolute Gasteiger partial charge is 0.497 e. The normalized spacial score (nSPS) is 11.0. The lowest BCUT2D eigenvalue weighted by Gasteiger charge is -2.07. The first-order chi connectivity index (χ1) is 13.2. The second kappa shape index (κ2) is 7.16. The van der Waals surface area contributed by atoms with Crippen LogP contribution in [-0.4, -0.2) is 17.6 Å². The van der Waals surface area contributed by atoms with Crippen molar-refractivity contribution in [3.63, 3.8) is 0 Å². The average molecular weight is 358 g/mol. The van der Waals surface area contributed by atoms with Crippen molar-refractivity contribution in [1.29, 1.82) is 0 Å². The molecule has 0 atom stereocenters. The number of rotatable bonds is 5. The highest BCUT2D eigenvalue weighted by molar-refractivity contribution is 6.09. The van der Waals surface area contributed by atoms with Gasteiger partial charge in [0.2, 0.25) is 5.91 Å². The summed E-state index contributed by atoms with van der Waals surface area (Å²) in [5.74, 6) is 0.760. The lowest BCUT2D eigenvalue weighted by atomic mass is 10.1. The monoisotopic (exact) mass is 358 g/mol. The van der Waals surface area contributed by atoms with Crippen molar-refractivity contribution >= 4 is 33.4 Å². The topological polar surface area (TPSA) is 43.3 Å². The molecule has 4 aromatic rings. The Morgan fingerprint density at radius 3 is 2.44 bits per heavy atom. The van der Waals surface area contributed by atoms with E-state index in [0.717, 1.165) is 28.9 Å². The van der Waals surface area contributed by atoms with E-state index in [2.05, 4.69) is 53.2 Å². The molecule has 0 unspecified atom stereocenters. The van der Waals surface area contributed by atoms with Crippen LogP contribution in [-0.2, 0) is 17.8 Å². The number of methoxy groups -OCH3 is 1. The van der Waals surface area contributed by atoms with E-state index in [0.29, 0.717) is 6.42 Å². The number of nitrogens with zero attached hydrogens (tertiary/aromatic N) is 1. The Morgan fingerprint density at radius 2 is 1.70 bits per heavy atom. The number of ether oxygens (including phenoxy) is 1. The first-order valence-electron chi connectivity index (χ1n) is 9.13.